The van der Waals surface area contributed by atoms with Crippen molar-refractivity contribution in [2.24, 2.45) is 0 Å². The van der Waals surface area contributed by atoms with Gasteiger partial charge in [0.2, 0.25) is 0 Å². The maximum Gasteiger partial charge on any atom is 0.411 e. The van der Waals surface area contributed by atoms with Gasteiger partial charge in [-0.1, -0.05) is 12.0 Å². The van der Waals surface area contributed by atoms with Crippen LogP contribution in [0.1, 0.15) is 6.92 Å². The fraction of sp³-hybridized carbons (Fsp3) is 0.250. The molecule has 84 valence electrons. The third kappa shape index (κ3) is 3.93. The van der Waals surface area contributed by atoms with Gasteiger partial charge in [-0.15, -0.1) is 5.92 Å². The minimum Gasteiger partial charge on any atom is -0.453 e. The van der Waals surface area contributed by atoms with E-state index in [1.807, 2.05) is 18.2 Å². The Labute approximate surface area is 95.0 Å². The first-order chi connectivity index (χ1) is 7.76. The molecule has 16 heavy (non-hydrogen) atoms. The zero-order valence-corrected chi connectivity index (χ0v) is 9.33. The summed E-state index contributed by atoms with van der Waals surface area (Å²) in [5, 5.41) is 5.70. The van der Waals surface area contributed by atoms with Crippen LogP contribution in [-0.4, -0.2) is 19.7 Å². The number of hydrogen-bond acceptors (Lipinski definition) is 3. The highest BCUT2D eigenvalue weighted by Gasteiger charge is 2.00. The Morgan fingerprint density at radius 2 is 2.19 bits per heavy atom. The molecule has 0 radical (unpaired) electrons. The van der Waals surface area contributed by atoms with Crippen LogP contribution in [-0.2, 0) is 4.74 Å². The molecule has 1 aromatic rings. The first-order valence-electron chi connectivity index (χ1n) is 4.84. The summed E-state index contributed by atoms with van der Waals surface area (Å²) in [6.07, 6.45) is -0.481. The molecule has 0 unspecified atom stereocenters. The molecule has 0 atom stereocenters. The zero-order chi connectivity index (χ0) is 11.8. The molecule has 4 nitrogen and oxygen atoms in total. The van der Waals surface area contributed by atoms with Crippen molar-refractivity contribution >= 4 is 17.5 Å². The second kappa shape index (κ2) is 6.36. The van der Waals surface area contributed by atoms with Gasteiger partial charge in [0.1, 0.15) is 0 Å². The normalized spacial score (nSPS) is 8.62. The van der Waals surface area contributed by atoms with Crippen LogP contribution in [0.25, 0.3) is 0 Å². The van der Waals surface area contributed by atoms with Gasteiger partial charge in [-0.25, -0.2) is 4.79 Å². The molecule has 1 aromatic carbocycles. The summed E-state index contributed by atoms with van der Waals surface area (Å²) in [6, 6.07) is 7.34. The molecular weight excluding hydrogens is 204 g/mol. The number of carbonyl (C=O) groups excluding carboxylic acids is 1. The topological polar surface area (TPSA) is 50.4 Å². The van der Waals surface area contributed by atoms with Crippen LogP contribution in [0.15, 0.2) is 24.3 Å². The maximum atomic E-state index is 11.0. The smallest absolute Gasteiger partial charge is 0.411 e. The number of carbonyl (C=O) groups is 1. The predicted octanol–water partition coefficient (Wildman–Crippen LogP) is 2.30. The van der Waals surface area contributed by atoms with Crippen molar-refractivity contribution < 1.29 is 9.53 Å². The average molecular weight is 218 g/mol. The van der Waals surface area contributed by atoms with Gasteiger partial charge in [0.15, 0.2) is 0 Å². The van der Waals surface area contributed by atoms with E-state index in [0.717, 1.165) is 5.69 Å². The molecule has 0 fully saturated rings. The summed E-state index contributed by atoms with van der Waals surface area (Å²) < 4.78 is 4.50. The Balaban J connectivity index is 2.62. The third-order valence-corrected chi connectivity index (χ3v) is 1.85. The van der Waals surface area contributed by atoms with Gasteiger partial charge in [-0.2, -0.15) is 0 Å². The molecular formula is C12H14N2O2. The van der Waals surface area contributed by atoms with Crippen LogP contribution < -0.4 is 10.6 Å². The molecule has 0 aliphatic rings. The van der Waals surface area contributed by atoms with E-state index in [-0.39, 0.29) is 0 Å². The van der Waals surface area contributed by atoms with E-state index in [2.05, 4.69) is 27.2 Å². The Kier molecular flexibility index (Phi) is 4.74. The number of rotatable bonds is 3. The van der Waals surface area contributed by atoms with Gasteiger partial charge in [0.25, 0.3) is 0 Å². The monoisotopic (exact) mass is 218 g/mol. The van der Waals surface area contributed by atoms with Crippen molar-refractivity contribution in [3.63, 3.8) is 0 Å². The standard InChI is InChI=1S/C12H14N2O2/c1-3-4-8-13-10-6-5-7-11(9-10)14-12(15)16-2/h5-7,9,13H,8H2,1-2H3,(H,14,15). The molecule has 4 heteroatoms. The fourth-order valence-corrected chi connectivity index (χ4v) is 1.11. The van der Waals surface area contributed by atoms with Crippen molar-refractivity contribution in [2.75, 3.05) is 24.3 Å². The maximum absolute atomic E-state index is 11.0. The number of nitrogens with one attached hydrogen (secondary N) is 2. The molecule has 1 rings (SSSR count). The van der Waals surface area contributed by atoms with Gasteiger partial charge < -0.3 is 10.1 Å². The summed E-state index contributed by atoms with van der Waals surface area (Å²) in [5.74, 6) is 5.69. The number of benzene rings is 1. The van der Waals surface area contributed by atoms with Gasteiger partial charge in [-0.3, -0.25) is 5.32 Å². The lowest BCUT2D eigenvalue weighted by molar-refractivity contribution is 0.187. The number of amides is 1. The minimum atomic E-state index is -0.481. The van der Waals surface area contributed by atoms with Crippen LogP contribution in [0.4, 0.5) is 16.2 Å². The molecule has 2 N–H and O–H groups in total. The third-order valence-electron chi connectivity index (χ3n) is 1.85. The van der Waals surface area contributed by atoms with Gasteiger partial charge in [-0.05, 0) is 25.1 Å². The Morgan fingerprint density at radius 3 is 2.88 bits per heavy atom. The van der Waals surface area contributed by atoms with Crippen molar-refractivity contribution in [3.05, 3.63) is 24.3 Å². The van der Waals surface area contributed by atoms with E-state index in [9.17, 15) is 4.79 Å². The Morgan fingerprint density at radius 1 is 1.44 bits per heavy atom. The molecule has 1 amide bonds. The predicted molar refractivity (Wildman–Crippen MR) is 64.4 cm³/mol. The van der Waals surface area contributed by atoms with Crippen molar-refractivity contribution in [3.8, 4) is 11.8 Å². The first kappa shape index (κ1) is 11.9. The largest absolute Gasteiger partial charge is 0.453 e. The number of methoxy groups -OCH3 is 1. The lowest BCUT2D eigenvalue weighted by Gasteiger charge is -2.06. The summed E-state index contributed by atoms with van der Waals surface area (Å²) in [6.45, 7) is 2.37. The van der Waals surface area contributed by atoms with Crippen molar-refractivity contribution in [1.82, 2.24) is 0 Å². The second-order valence-electron chi connectivity index (χ2n) is 2.98. The van der Waals surface area contributed by atoms with Gasteiger partial charge in [0.05, 0.1) is 13.7 Å². The fourth-order valence-electron chi connectivity index (χ4n) is 1.11. The van der Waals surface area contributed by atoms with E-state index < -0.39 is 6.09 Å². The van der Waals surface area contributed by atoms with Crippen LogP contribution in [0.3, 0.4) is 0 Å². The highest BCUT2D eigenvalue weighted by atomic mass is 16.5. The van der Waals surface area contributed by atoms with Crippen molar-refractivity contribution in [1.29, 1.82) is 0 Å². The van der Waals surface area contributed by atoms with Crippen LogP contribution in [0.2, 0.25) is 0 Å². The zero-order valence-electron chi connectivity index (χ0n) is 9.33. The molecule has 0 saturated heterocycles. The average Bonchev–Trinajstić information content (AvgIpc) is 2.30. The van der Waals surface area contributed by atoms with Gasteiger partial charge in [0, 0.05) is 11.4 Å². The van der Waals surface area contributed by atoms with E-state index >= 15 is 0 Å². The second-order valence-corrected chi connectivity index (χ2v) is 2.98. The highest BCUT2D eigenvalue weighted by molar-refractivity contribution is 5.85. The van der Waals surface area contributed by atoms with Crippen LogP contribution in [0, 0.1) is 11.8 Å². The summed E-state index contributed by atoms with van der Waals surface area (Å²) in [5.41, 5.74) is 1.58. The lowest BCUT2D eigenvalue weighted by Crippen LogP contribution is -2.11. The molecule has 0 bridgehead atoms. The van der Waals surface area contributed by atoms with E-state index in [1.165, 1.54) is 7.11 Å². The van der Waals surface area contributed by atoms with E-state index in [0.29, 0.717) is 12.2 Å². The van der Waals surface area contributed by atoms with Crippen LogP contribution in [0.5, 0.6) is 0 Å². The Hall–Kier alpha value is -2.15. The molecule has 0 saturated carbocycles. The Bertz CT molecular complexity index is 419. The number of ether oxygens (including phenoxy) is 1. The van der Waals surface area contributed by atoms with Gasteiger partial charge >= 0.3 is 6.09 Å². The summed E-state index contributed by atoms with van der Waals surface area (Å²) in [4.78, 5) is 11.0. The molecule has 0 spiro atoms. The number of anilines is 2. The lowest BCUT2D eigenvalue weighted by atomic mass is 10.3. The van der Waals surface area contributed by atoms with Crippen molar-refractivity contribution in [2.45, 2.75) is 6.92 Å². The molecule has 0 aromatic heterocycles. The minimum absolute atomic E-state index is 0.481. The quantitative estimate of drug-likeness (QED) is 0.765. The van der Waals surface area contributed by atoms with E-state index in [1.54, 1.807) is 13.0 Å². The first-order valence-corrected chi connectivity index (χ1v) is 4.84. The SMILES string of the molecule is CC#CCNc1cccc(NC(=O)OC)c1. The summed E-state index contributed by atoms with van der Waals surface area (Å²) in [7, 11) is 1.33. The molecule has 0 heterocycles. The van der Waals surface area contributed by atoms with E-state index in [4.69, 9.17) is 0 Å². The molecule has 0 aliphatic heterocycles. The highest BCUT2D eigenvalue weighted by Crippen LogP contribution is 2.14. The summed E-state index contributed by atoms with van der Waals surface area (Å²) >= 11 is 0. The number of hydrogen-bond donors (Lipinski definition) is 2. The molecule has 0 aliphatic carbocycles. The van der Waals surface area contributed by atoms with Crippen LogP contribution >= 0.6 is 0 Å².